The summed E-state index contributed by atoms with van der Waals surface area (Å²) < 4.78 is 13.5. The Balaban J connectivity index is 2.01. The maximum absolute atomic E-state index is 13.5. The molecule has 0 bridgehead atoms. The second-order valence-corrected chi connectivity index (χ2v) is 5.26. The summed E-state index contributed by atoms with van der Waals surface area (Å²) >= 11 is 0. The van der Waals surface area contributed by atoms with Crippen molar-refractivity contribution in [1.82, 2.24) is 5.32 Å². The van der Waals surface area contributed by atoms with E-state index in [1.807, 2.05) is 0 Å². The minimum atomic E-state index is -0.717. The van der Waals surface area contributed by atoms with Gasteiger partial charge in [-0.05, 0) is 36.9 Å². The van der Waals surface area contributed by atoms with Crippen LogP contribution in [0.15, 0.2) is 18.2 Å². The van der Waals surface area contributed by atoms with E-state index >= 15 is 0 Å². The molecule has 4 N–H and O–H groups in total. The number of carbonyl (C=O) groups excluding carboxylic acids is 1. The molecule has 0 atom stereocenters. The number of benzene rings is 1. The summed E-state index contributed by atoms with van der Waals surface area (Å²) in [5.41, 5.74) is 5.69. The molecule has 1 aromatic carbocycles. The third kappa shape index (κ3) is 3.04. The van der Waals surface area contributed by atoms with Gasteiger partial charge in [0.05, 0.1) is 5.56 Å². The summed E-state index contributed by atoms with van der Waals surface area (Å²) in [4.78, 5) is 11.9. The third-order valence-corrected chi connectivity index (χ3v) is 3.92. The average Bonchev–Trinajstić information content (AvgIpc) is 2.85. The number of rotatable bonds is 4. The summed E-state index contributed by atoms with van der Waals surface area (Å²) in [6.07, 6.45) is 4.25. The summed E-state index contributed by atoms with van der Waals surface area (Å²) in [5, 5.41) is 11.9. The van der Waals surface area contributed by atoms with Gasteiger partial charge in [-0.15, -0.1) is 0 Å². The molecule has 0 aliphatic heterocycles. The Morgan fingerprint density at radius 1 is 1.42 bits per heavy atom. The van der Waals surface area contributed by atoms with Gasteiger partial charge in [-0.2, -0.15) is 0 Å². The van der Waals surface area contributed by atoms with Gasteiger partial charge in [0.15, 0.2) is 0 Å². The van der Waals surface area contributed by atoms with E-state index in [0.717, 1.165) is 31.7 Å². The first-order valence-corrected chi connectivity index (χ1v) is 6.53. The average molecular weight is 266 g/mol. The van der Waals surface area contributed by atoms with Gasteiger partial charge in [0.25, 0.3) is 5.91 Å². The van der Waals surface area contributed by atoms with Crippen molar-refractivity contribution in [1.29, 1.82) is 0 Å². The van der Waals surface area contributed by atoms with Crippen LogP contribution >= 0.6 is 0 Å². The minimum Gasteiger partial charge on any atom is -0.508 e. The Labute approximate surface area is 111 Å². The standard InChI is InChI=1S/C14H19FN2O2/c15-12-7-10(18)3-4-11(12)13(19)17-9-14(8-16)5-1-2-6-14/h3-4,7,18H,1-2,5-6,8-9,16H2,(H,17,19). The predicted molar refractivity (Wildman–Crippen MR) is 70.4 cm³/mol. The van der Waals surface area contributed by atoms with E-state index in [4.69, 9.17) is 10.8 Å². The Kier molecular flexibility index (Phi) is 4.04. The van der Waals surface area contributed by atoms with Crippen molar-refractivity contribution in [3.63, 3.8) is 0 Å². The SMILES string of the molecule is NCC1(CNC(=O)c2ccc(O)cc2F)CCCC1. The van der Waals surface area contributed by atoms with Gasteiger partial charge in [-0.1, -0.05) is 12.8 Å². The number of nitrogens with one attached hydrogen (secondary N) is 1. The lowest BCUT2D eigenvalue weighted by Gasteiger charge is -2.27. The van der Waals surface area contributed by atoms with Crippen molar-refractivity contribution < 1.29 is 14.3 Å². The number of phenolic OH excluding ortho intramolecular Hbond substituents is 1. The van der Waals surface area contributed by atoms with E-state index in [-0.39, 0.29) is 16.7 Å². The molecule has 0 radical (unpaired) electrons. The highest BCUT2D eigenvalue weighted by Crippen LogP contribution is 2.36. The smallest absolute Gasteiger partial charge is 0.254 e. The Morgan fingerprint density at radius 2 is 2.11 bits per heavy atom. The Hall–Kier alpha value is -1.62. The molecular weight excluding hydrogens is 247 g/mol. The zero-order chi connectivity index (χ0) is 13.9. The van der Waals surface area contributed by atoms with Crippen molar-refractivity contribution in [2.75, 3.05) is 13.1 Å². The molecule has 1 aromatic rings. The fraction of sp³-hybridized carbons (Fsp3) is 0.500. The molecule has 1 fully saturated rings. The van der Waals surface area contributed by atoms with Gasteiger partial charge in [0, 0.05) is 12.6 Å². The van der Waals surface area contributed by atoms with Crippen LogP contribution in [-0.4, -0.2) is 24.1 Å². The van der Waals surface area contributed by atoms with E-state index in [9.17, 15) is 9.18 Å². The quantitative estimate of drug-likeness (QED) is 0.777. The van der Waals surface area contributed by atoms with Crippen molar-refractivity contribution in [2.24, 2.45) is 11.1 Å². The Morgan fingerprint density at radius 3 is 2.68 bits per heavy atom. The lowest BCUT2D eigenvalue weighted by Crippen LogP contribution is -2.40. The van der Waals surface area contributed by atoms with E-state index in [1.165, 1.54) is 12.1 Å². The molecule has 1 amide bonds. The van der Waals surface area contributed by atoms with Crippen LogP contribution in [0.25, 0.3) is 0 Å². The van der Waals surface area contributed by atoms with Crippen molar-refractivity contribution in [2.45, 2.75) is 25.7 Å². The number of nitrogens with two attached hydrogens (primary N) is 1. The second-order valence-electron chi connectivity index (χ2n) is 5.26. The number of carbonyl (C=O) groups is 1. The van der Waals surface area contributed by atoms with Crippen molar-refractivity contribution in [3.8, 4) is 5.75 Å². The number of hydrogen-bond acceptors (Lipinski definition) is 3. The minimum absolute atomic E-state index is 0.0386. The molecule has 2 rings (SSSR count). The zero-order valence-corrected chi connectivity index (χ0v) is 10.8. The highest BCUT2D eigenvalue weighted by molar-refractivity contribution is 5.94. The first kappa shape index (κ1) is 13.8. The van der Waals surface area contributed by atoms with Crippen LogP contribution in [0.3, 0.4) is 0 Å². The van der Waals surface area contributed by atoms with Crippen molar-refractivity contribution >= 4 is 5.91 Å². The number of hydrogen-bond donors (Lipinski definition) is 3. The molecular formula is C14H19FN2O2. The largest absolute Gasteiger partial charge is 0.508 e. The monoisotopic (exact) mass is 266 g/mol. The first-order valence-electron chi connectivity index (χ1n) is 6.53. The van der Waals surface area contributed by atoms with Gasteiger partial charge in [0.2, 0.25) is 0 Å². The lowest BCUT2D eigenvalue weighted by molar-refractivity contribution is 0.0928. The van der Waals surface area contributed by atoms with Crippen LogP contribution in [0.5, 0.6) is 5.75 Å². The molecule has 104 valence electrons. The molecule has 19 heavy (non-hydrogen) atoms. The van der Waals surface area contributed by atoms with E-state index < -0.39 is 11.7 Å². The molecule has 1 saturated carbocycles. The summed E-state index contributed by atoms with van der Waals surface area (Å²) in [6.45, 7) is 1.01. The number of phenols is 1. The fourth-order valence-corrected chi connectivity index (χ4v) is 2.63. The van der Waals surface area contributed by atoms with Crippen molar-refractivity contribution in [3.05, 3.63) is 29.6 Å². The molecule has 1 aliphatic carbocycles. The molecule has 0 aromatic heterocycles. The maximum atomic E-state index is 13.5. The molecule has 0 heterocycles. The van der Waals surface area contributed by atoms with Gasteiger partial charge in [-0.3, -0.25) is 4.79 Å². The Bertz CT molecular complexity index is 471. The fourth-order valence-electron chi connectivity index (χ4n) is 2.63. The molecule has 4 nitrogen and oxygen atoms in total. The maximum Gasteiger partial charge on any atom is 0.254 e. The number of halogens is 1. The summed E-state index contributed by atoms with van der Waals surface area (Å²) in [5.74, 6) is -1.37. The van der Waals surface area contributed by atoms with Crippen LogP contribution in [0, 0.1) is 11.2 Å². The van der Waals surface area contributed by atoms with E-state index in [0.29, 0.717) is 13.1 Å². The highest BCUT2D eigenvalue weighted by atomic mass is 19.1. The van der Waals surface area contributed by atoms with Gasteiger partial charge >= 0.3 is 0 Å². The van der Waals surface area contributed by atoms with E-state index in [2.05, 4.69) is 5.32 Å². The van der Waals surface area contributed by atoms with Crippen LogP contribution in [0.4, 0.5) is 4.39 Å². The molecule has 5 heteroatoms. The predicted octanol–water partition coefficient (Wildman–Crippen LogP) is 1.78. The molecule has 0 unspecified atom stereocenters. The number of aromatic hydroxyl groups is 1. The van der Waals surface area contributed by atoms with E-state index in [1.54, 1.807) is 0 Å². The zero-order valence-electron chi connectivity index (χ0n) is 10.8. The van der Waals surface area contributed by atoms with Crippen LogP contribution in [0.1, 0.15) is 36.0 Å². The molecule has 1 aliphatic rings. The number of amides is 1. The van der Waals surface area contributed by atoms with Crippen LogP contribution < -0.4 is 11.1 Å². The molecule has 0 spiro atoms. The lowest BCUT2D eigenvalue weighted by atomic mass is 9.86. The summed E-state index contributed by atoms with van der Waals surface area (Å²) in [6, 6.07) is 3.51. The summed E-state index contributed by atoms with van der Waals surface area (Å²) in [7, 11) is 0. The molecule has 0 saturated heterocycles. The normalized spacial score (nSPS) is 17.4. The topological polar surface area (TPSA) is 75.3 Å². The van der Waals surface area contributed by atoms with Gasteiger partial charge in [-0.25, -0.2) is 4.39 Å². The van der Waals surface area contributed by atoms with Crippen LogP contribution in [0.2, 0.25) is 0 Å². The van der Waals surface area contributed by atoms with Gasteiger partial charge < -0.3 is 16.2 Å². The van der Waals surface area contributed by atoms with Crippen LogP contribution in [-0.2, 0) is 0 Å². The second kappa shape index (κ2) is 5.57. The van der Waals surface area contributed by atoms with Gasteiger partial charge in [0.1, 0.15) is 11.6 Å². The highest BCUT2D eigenvalue weighted by Gasteiger charge is 2.32. The first-order chi connectivity index (χ1) is 9.06. The third-order valence-electron chi connectivity index (χ3n) is 3.92.